The number of nitrogens with one attached hydrogen (secondary N) is 1. The van der Waals surface area contributed by atoms with Gasteiger partial charge in [0.1, 0.15) is 5.75 Å². The number of nitrogens with zero attached hydrogens (tertiary/aromatic N) is 2. The Morgan fingerprint density at radius 3 is 2.70 bits per heavy atom. The van der Waals surface area contributed by atoms with E-state index in [1.807, 2.05) is 19.1 Å². The van der Waals surface area contributed by atoms with Crippen LogP contribution in [0.3, 0.4) is 0 Å². The van der Waals surface area contributed by atoms with Crippen LogP contribution in [0.15, 0.2) is 30.5 Å². The molecule has 0 radical (unpaired) electrons. The second-order valence-corrected chi connectivity index (χ2v) is 5.37. The maximum Gasteiger partial charge on any atom is 0.203 e. The lowest BCUT2D eigenvalue weighted by molar-refractivity contribution is 0.414. The smallest absolute Gasteiger partial charge is 0.203 e. The van der Waals surface area contributed by atoms with Gasteiger partial charge in [-0.3, -0.25) is 0 Å². The summed E-state index contributed by atoms with van der Waals surface area (Å²) in [6, 6.07) is 8.90. The lowest BCUT2D eigenvalue weighted by Gasteiger charge is -2.09. The number of hydrogen-bond acceptors (Lipinski definition) is 3. The van der Waals surface area contributed by atoms with E-state index in [0.29, 0.717) is 6.04 Å². The number of imidazole rings is 1. The van der Waals surface area contributed by atoms with Crippen LogP contribution in [-0.4, -0.2) is 23.2 Å². The monoisotopic (exact) mass is 271 g/mol. The third-order valence-corrected chi connectivity index (χ3v) is 3.65. The molecule has 20 heavy (non-hydrogen) atoms. The minimum absolute atomic E-state index is 0.666. The van der Waals surface area contributed by atoms with Crippen LogP contribution < -0.4 is 10.1 Å². The van der Waals surface area contributed by atoms with Crippen LogP contribution in [0.1, 0.15) is 30.1 Å². The molecule has 0 bridgehead atoms. The lowest BCUT2D eigenvalue weighted by atomic mass is 10.1. The maximum atomic E-state index is 5.17. The van der Waals surface area contributed by atoms with Crippen molar-refractivity contribution in [3.63, 3.8) is 0 Å². The van der Waals surface area contributed by atoms with Gasteiger partial charge < -0.3 is 14.6 Å². The third-order valence-electron chi connectivity index (χ3n) is 3.65. The van der Waals surface area contributed by atoms with Gasteiger partial charge in [-0.1, -0.05) is 12.1 Å². The van der Waals surface area contributed by atoms with Crippen LogP contribution in [0.4, 0.5) is 5.95 Å². The molecule has 0 atom stereocenters. The van der Waals surface area contributed by atoms with Crippen LogP contribution in [-0.2, 0) is 6.42 Å². The third kappa shape index (κ3) is 2.95. The summed E-state index contributed by atoms with van der Waals surface area (Å²) in [7, 11) is 1.69. The summed E-state index contributed by atoms with van der Waals surface area (Å²) in [5.74, 6) is 1.92. The highest BCUT2D eigenvalue weighted by atomic mass is 16.5. The molecule has 3 rings (SSSR count). The molecule has 1 fully saturated rings. The molecule has 1 aromatic heterocycles. The molecule has 0 spiro atoms. The lowest BCUT2D eigenvalue weighted by Crippen LogP contribution is -2.10. The average Bonchev–Trinajstić information content (AvgIpc) is 3.24. The number of anilines is 1. The molecule has 1 aliphatic rings. The van der Waals surface area contributed by atoms with Crippen molar-refractivity contribution in [3.8, 4) is 5.75 Å². The Morgan fingerprint density at radius 1 is 1.30 bits per heavy atom. The molecular formula is C16H21N3O. The molecule has 4 heteroatoms. The highest BCUT2D eigenvalue weighted by molar-refractivity contribution is 5.32. The number of rotatable bonds is 6. The quantitative estimate of drug-likeness (QED) is 0.877. The first-order valence-corrected chi connectivity index (χ1v) is 7.18. The second kappa shape index (κ2) is 5.57. The Hall–Kier alpha value is -1.97. The molecule has 0 aliphatic heterocycles. The normalized spacial score (nSPS) is 14.3. The van der Waals surface area contributed by atoms with Crippen LogP contribution in [0.25, 0.3) is 0 Å². The predicted molar refractivity (Wildman–Crippen MR) is 80.4 cm³/mol. The standard InChI is InChI=1S/C16H21N3O/c1-12-11-19(14-5-6-14)16(18-12)17-10-9-13-3-7-15(20-2)8-4-13/h3-4,7-8,11,14H,5-6,9-10H2,1-2H3,(H,17,18). The summed E-state index contributed by atoms with van der Waals surface area (Å²) >= 11 is 0. The molecule has 4 nitrogen and oxygen atoms in total. The van der Waals surface area contributed by atoms with E-state index in [4.69, 9.17) is 4.74 Å². The van der Waals surface area contributed by atoms with Crippen LogP contribution in [0.5, 0.6) is 5.75 Å². The molecule has 1 heterocycles. The maximum absolute atomic E-state index is 5.17. The first kappa shape index (κ1) is 13.0. The molecule has 1 aromatic carbocycles. The summed E-state index contributed by atoms with van der Waals surface area (Å²) in [4.78, 5) is 4.56. The van der Waals surface area contributed by atoms with Gasteiger partial charge >= 0.3 is 0 Å². The van der Waals surface area contributed by atoms with Crippen molar-refractivity contribution >= 4 is 5.95 Å². The van der Waals surface area contributed by atoms with Gasteiger partial charge in [0.25, 0.3) is 0 Å². The molecule has 2 aromatic rings. The van der Waals surface area contributed by atoms with Crippen molar-refractivity contribution in [2.45, 2.75) is 32.2 Å². The summed E-state index contributed by atoms with van der Waals surface area (Å²) in [6.45, 7) is 2.95. The summed E-state index contributed by atoms with van der Waals surface area (Å²) < 4.78 is 7.45. The van der Waals surface area contributed by atoms with E-state index in [-0.39, 0.29) is 0 Å². The summed E-state index contributed by atoms with van der Waals surface area (Å²) in [5.41, 5.74) is 2.39. The molecule has 0 saturated heterocycles. The molecule has 1 N–H and O–H groups in total. The van der Waals surface area contributed by atoms with Crippen molar-refractivity contribution in [1.29, 1.82) is 0 Å². The van der Waals surface area contributed by atoms with Crippen molar-refractivity contribution < 1.29 is 4.74 Å². The average molecular weight is 271 g/mol. The van der Waals surface area contributed by atoms with E-state index < -0.39 is 0 Å². The van der Waals surface area contributed by atoms with E-state index in [1.165, 1.54) is 18.4 Å². The number of hydrogen-bond donors (Lipinski definition) is 1. The van der Waals surface area contributed by atoms with E-state index in [9.17, 15) is 0 Å². The van der Waals surface area contributed by atoms with E-state index >= 15 is 0 Å². The zero-order valence-electron chi connectivity index (χ0n) is 12.1. The van der Waals surface area contributed by atoms with Gasteiger partial charge in [-0.15, -0.1) is 0 Å². The summed E-state index contributed by atoms with van der Waals surface area (Å²) in [6.07, 6.45) is 5.69. The van der Waals surface area contributed by atoms with Gasteiger partial charge in [0.05, 0.1) is 12.8 Å². The van der Waals surface area contributed by atoms with Crippen molar-refractivity contribution in [3.05, 3.63) is 41.7 Å². The molecule has 0 amide bonds. The highest BCUT2D eigenvalue weighted by Gasteiger charge is 2.25. The topological polar surface area (TPSA) is 39.1 Å². The van der Waals surface area contributed by atoms with Crippen molar-refractivity contribution in [2.24, 2.45) is 0 Å². The number of ether oxygens (including phenoxy) is 1. The predicted octanol–water partition coefficient (Wildman–Crippen LogP) is 3.19. The Morgan fingerprint density at radius 2 is 2.05 bits per heavy atom. The van der Waals surface area contributed by atoms with Crippen LogP contribution in [0.2, 0.25) is 0 Å². The van der Waals surface area contributed by atoms with Gasteiger partial charge in [0.15, 0.2) is 0 Å². The van der Waals surface area contributed by atoms with E-state index in [1.54, 1.807) is 7.11 Å². The molecular weight excluding hydrogens is 250 g/mol. The molecule has 106 valence electrons. The summed E-state index contributed by atoms with van der Waals surface area (Å²) in [5, 5.41) is 3.45. The van der Waals surface area contributed by atoms with Gasteiger partial charge in [0, 0.05) is 18.8 Å². The van der Waals surface area contributed by atoms with Crippen LogP contribution >= 0.6 is 0 Å². The number of aromatic nitrogens is 2. The number of methoxy groups -OCH3 is 1. The zero-order valence-corrected chi connectivity index (χ0v) is 12.1. The first-order valence-electron chi connectivity index (χ1n) is 7.18. The Bertz CT molecular complexity index is 570. The molecule has 1 saturated carbocycles. The van der Waals surface area contributed by atoms with Gasteiger partial charge in [-0.2, -0.15) is 0 Å². The minimum Gasteiger partial charge on any atom is -0.497 e. The Kier molecular flexibility index (Phi) is 3.63. The van der Waals surface area contributed by atoms with Crippen LogP contribution in [0, 0.1) is 6.92 Å². The molecule has 1 aliphatic carbocycles. The fraction of sp³-hybridized carbons (Fsp3) is 0.438. The van der Waals surface area contributed by atoms with Gasteiger partial charge in [0.2, 0.25) is 5.95 Å². The van der Waals surface area contributed by atoms with Crippen molar-refractivity contribution in [1.82, 2.24) is 9.55 Å². The minimum atomic E-state index is 0.666. The van der Waals surface area contributed by atoms with Crippen molar-refractivity contribution in [2.75, 3.05) is 19.0 Å². The fourth-order valence-corrected chi connectivity index (χ4v) is 2.39. The second-order valence-electron chi connectivity index (χ2n) is 5.37. The highest BCUT2D eigenvalue weighted by Crippen LogP contribution is 2.37. The SMILES string of the molecule is COc1ccc(CCNc2nc(C)cn2C2CC2)cc1. The number of benzene rings is 1. The Labute approximate surface area is 119 Å². The Balaban J connectivity index is 1.56. The van der Waals surface area contributed by atoms with Gasteiger partial charge in [-0.05, 0) is 43.9 Å². The fourth-order valence-electron chi connectivity index (χ4n) is 2.39. The number of aryl methyl sites for hydroxylation is 1. The largest absolute Gasteiger partial charge is 0.497 e. The van der Waals surface area contributed by atoms with Gasteiger partial charge in [-0.25, -0.2) is 4.98 Å². The molecule has 0 unspecified atom stereocenters. The van der Waals surface area contributed by atoms with E-state index in [2.05, 4.69) is 33.2 Å². The zero-order chi connectivity index (χ0) is 13.9. The first-order chi connectivity index (χ1) is 9.76. The van der Waals surface area contributed by atoms with E-state index in [0.717, 1.165) is 30.4 Å².